The van der Waals surface area contributed by atoms with Crippen molar-refractivity contribution in [3.05, 3.63) is 28.2 Å². The van der Waals surface area contributed by atoms with Crippen LogP contribution in [0.4, 0.5) is 0 Å². The number of ether oxygens (including phenoxy) is 3. The summed E-state index contributed by atoms with van der Waals surface area (Å²) in [6, 6.07) is 5.76. The second kappa shape index (κ2) is 6.65. The fourth-order valence-corrected chi connectivity index (χ4v) is 3.49. The standard InChI is InChI=1S/C16H21BrO4/c17-15-2-1-13(9-12(15)11-18)21-14-3-6-20-16(10-14)4-7-19-8-5-16/h1-2,9,14,18H,3-8,10-11H2. The minimum Gasteiger partial charge on any atom is -0.490 e. The summed E-state index contributed by atoms with van der Waals surface area (Å²) < 4.78 is 18.5. The van der Waals surface area contributed by atoms with E-state index in [9.17, 15) is 5.11 Å². The zero-order chi connectivity index (χ0) is 14.7. The first-order chi connectivity index (χ1) is 10.2. The maximum absolute atomic E-state index is 9.33. The van der Waals surface area contributed by atoms with Crippen molar-refractivity contribution in [2.45, 2.75) is 44.0 Å². The van der Waals surface area contributed by atoms with Gasteiger partial charge in [-0.1, -0.05) is 15.9 Å². The van der Waals surface area contributed by atoms with Gasteiger partial charge in [0.2, 0.25) is 0 Å². The molecule has 21 heavy (non-hydrogen) atoms. The number of hydrogen-bond acceptors (Lipinski definition) is 4. The average Bonchev–Trinajstić information content (AvgIpc) is 2.50. The predicted molar refractivity (Wildman–Crippen MR) is 82.5 cm³/mol. The molecule has 1 atom stereocenters. The molecule has 1 spiro atoms. The van der Waals surface area contributed by atoms with Gasteiger partial charge in [-0.2, -0.15) is 0 Å². The average molecular weight is 357 g/mol. The molecule has 2 heterocycles. The van der Waals surface area contributed by atoms with Gasteiger partial charge < -0.3 is 19.3 Å². The second-order valence-corrected chi connectivity index (χ2v) is 6.64. The maximum Gasteiger partial charge on any atom is 0.120 e. The van der Waals surface area contributed by atoms with Gasteiger partial charge in [-0.3, -0.25) is 0 Å². The molecule has 2 aliphatic rings. The molecule has 1 aromatic carbocycles. The molecule has 0 aliphatic carbocycles. The smallest absolute Gasteiger partial charge is 0.120 e. The fraction of sp³-hybridized carbons (Fsp3) is 0.625. The van der Waals surface area contributed by atoms with Crippen LogP contribution >= 0.6 is 15.9 Å². The van der Waals surface area contributed by atoms with Gasteiger partial charge in [-0.25, -0.2) is 0 Å². The highest BCUT2D eigenvalue weighted by Crippen LogP contribution is 2.36. The Morgan fingerprint density at radius 2 is 2.10 bits per heavy atom. The van der Waals surface area contributed by atoms with Gasteiger partial charge in [0, 0.05) is 30.5 Å². The topological polar surface area (TPSA) is 47.9 Å². The minimum atomic E-state index is -0.0592. The van der Waals surface area contributed by atoms with Crippen molar-refractivity contribution >= 4 is 15.9 Å². The third kappa shape index (κ3) is 3.59. The molecule has 1 aromatic rings. The van der Waals surface area contributed by atoms with Crippen molar-refractivity contribution < 1.29 is 19.3 Å². The lowest BCUT2D eigenvalue weighted by Crippen LogP contribution is -2.47. The molecule has 0 aromatic heterocycles. The quantitative estimate of drug-likeness (QED) is 0.903. The molecule has 3 rings (SSSR count). The van der Waals surface area contributed by atoms with E-state index in [4.69, 9.17) is 14.2 Å². The Kier molecular flexibility index (Phi) is 4.84. The van der Waals surface area contributed by atoms with E-state index in [-0.39, 0.29) is 18.3 Å². The molecule has 4 nitrogen and oxygen atoms in total. The molecule has 2 fully saturated rings. The predicted octanol–water partition coefficient (Wildman–Crippen LogP) is 3.05. The minimum absolute atomic E-state index is 0.00678. The van der Waals surface area contributed by atoms with Crippen molar-refractivity contribution in [3.8, 4) is 5.75 Å². The third-order valence-electron chi connectivity index (χ3n) is 4.34. The number of rotatable bonds is 3. The molecule has 0 saturated carbocycles. The lowest BCUT2D eigenvalue weighted by atomic mass is 9.85. The fourth-order valence-electron chi connectivity index (χ4n) is 3.11. The van der Waals surface area contributed by atoms with Crippen LogP contribution < -0.4 is 4.74 Å². The Labute approximate surface area is 133 Å². The number of aliphatic hydroxyl groups excluding tert-OH is 1. The van der Waals surface area contributed by atoms with Crippen LogP contribution in [0.25, 0.3) is 0 Å². The molecule has 2 saturated heterocycles. The number of halogens is 1. The van der Waals surface area contributed by atoms with Crippen LogP contribution in [0.2, 0.25) is 0 Å². The second-order valence-electron chi connectivity index (χ2n) is 5.79. The van der Waals surface area contributed by atoms with E-state index >= 15 is 0 Å². The number of benzene rings is 1. The molecular formula is C16H21BrO4. The highest BCUT2D eigenvalue weighted by atomic mass is 79.9. The first-order valence-electron chi connectivity index (χ1n) is 7.48. The summed E-state index contributed by atoms with van der Waals surface area (Å²) in [6.45, 7) is 2.31. The third-order valence-corrected chi connectivity index (χ3v) is 5.12. The van der Waals surface area contributed by atoms with E-state index in [2.05, 4.69) is 15.9 Å². The maximum atomic E-state index is 9.33. The van der Waals surface area contributed by atoms with Crippen LogP contribution in [-0.4, -0.2) is 36.6 Å². The Balaban J connectivity index is 1.67. The first-order valence-corrected chi connectivity index (χ1v) is 8.28. The van der Waals surface area contributed by atoms with E-state index in [1.165, 1.54) is 0 Å². The Hall–Kier alpha value is -0.620. The van der Waals surface area contributed by atoms with E-state index in [0.717, 1.165) is 61.3 Å². The van der Waals surface area contributed by atoms with Gasteiger partial charge in [-0.05, 0) is 36.6 Å². The van der Waals surface area contributed by atoms with Gasteiger partial charge in [0.25, 0.3) is 0 Å². The monoisotopic (exact) mass is 356 g/mol. The van der Waals surface area contributed by atoms with Crippen molar-refractivity contribution in [1.29, 1.82) is 0 Å². The van der Waals surface area contributed by atoms with Crippen molar-refractivity contribution in [1.82, 2.24) is 0 Å². The summed E-state index contributed by atoms with van der Waals surface area (Å²) in [4.78, 5) is 0. The molecule has 0 bridgehead atoms. The zero-order valence-corrected chi connectivity index (χ0v) is 13.6. The molecule has 1 unspecified atom stereocenters. The SMILES string of the molecule is OCc1cc(OC2CCOC3(CCOCC3)C2)ccc1Br. The number of aliphatic hydroxyl groups is 1. The van der Waals surface area contributed by atoms with Gasteiger partial charge in [0.15, 0.2) is 0 Å². The van der Waals surface area contributed by atoms with Crippen LogP contribution in [0.15, 0.2) is 22.7 Å². The van der Waals surface area contributed by atoms with E-state index < -0.39 is 0 Å². The summed E-state index contributed by atoms with van der Waals surface area (Å²) >= 11 is 3.42. The van der Waals surface area contributed by atoms with Crippen molar-refractivity contribution in [3.63, 3.8) is 0 Å². The summed E-state index contributed by atoms with van der Waals surface area (Å²) in [7, 11) is 0. The lowest BCUT2D eigenvalue weighted by molar-refractivity contribution is -0.155. The molecule has 1 N–H and O–H groups in total. The van der Waals surface area contributed by atoms with Gasteiger partial charge in [-0.15, -0.1) is 0 Å². The molecule has 5 heteroatoms. The molecule has 2 aliphatic heterocycles. The summed E-state index contributed by atoms with van der Waals surface area (Å²) in [5, 5.41) is 9.33. The van der Waals surface area contributed by atoms with Crippen molar-refractivity contribution in [2.24, 2.45) is 0 Å². The molecule has 116 valence electrons. The first kappa shape index (κ1) is 15.3. The number of hydrogen-bond donors (Lipinski definition) is 1. The zero-order valence-electron chi connectivity index (χ0n) is 12.0. The van der Waals surface area contributed by atoms with Crippen LogP contribution in [0.3, 0.4) is 0 Å². The van der Waals surface area contributed by atoms with Crippen LogP contribution in [0, 0.1) is 0 Å². The normalized spacial score (nSPS) is 25.0. The lowest BCUT2D eigenvalue weighted by Gasteiger charge is -2.43. The Morgan fingerprint density at radius 1 is 1.29 bits per heavy atom. The molecular weight excluding hydrogens is 336 g/mol. The van der Waals surface area contributed by atoms with Crippen LogP contribution in [0.5, 0.6) is 5.75 Å². The van der Waals surface area contributed by atoms with Gasteiger partial charge in [0.05, 0.1) is 18.8 Å². The Morgan fingerprint density at radius 3 is 2.86 bits per heavy atom. The van der Waals surface area contributed by atoms with Crippen LogP contribution in [-0.2, 0) is 16.1 Å². The van der Waals surface area contributed by atoms with E-state index in [0.29, 0.717) is 0 Å². The van der Waals surface area contributed by atoms with Crippen molar-refractivity contribution in [2.75, 3.05) is 19.8 Å². The highest BCUT2D eigenvalue weighted by Gasteiger charge is 2.39. The highest BCUT2D eigenvalue weighted by molar-refractivity contribution is 9.10. The van der Waals surface area contributed by atoms with E-state index in [1.54, 1.807) is 0 Å². The largest absolute Gasteiger partial charge is 0.490 e. The van der Waals surface area contributed by atoms with Gasteiger partial charge >= 0.3 is 0 Å². The summed E-state index contributed by atoms with van der Waals surface area (Å²) in [6.07, 6.45) is 3.91. The molecule has 0 radical (unpaired) electrons. The summed E-state index contributed by atoms with van der Waals surface area (Å²) in [5.74, 6) is 0.816. The summed E-state index contributed by atoms with van der Waals surface area (Å²) in [5.41, 5.74) is 0.788. The molecule has 0 amide bonds. The Bertz CT molecular complexity index is 480. The van der Waals surface area contributed by atoms with E-state index in [1.807, 2.05) is 18.2 Å². The van der Waals surface area contributed by atoms with Gasteiger partial charge in [0.1, 0.15) is 11.9 Å². The van der Waals surface area contributed by atoms with Crippen LogP contribution in [0.1, 0.15) is 31.2 Å².